The first-order chi connectivity index (χ1) is 43.2. The van der Waals surface area contributed by atoms with Crippen molar-refractivity contribution >= 4 is 5.91 Å². The van der Waals surface area contributed by atoms with Crippen LogP contribution in [0.25, 0.3) is 0 Å². The third kappa shape index (κ3) is 51.8. The summed E-state index contributed by atoms with van der Waals surface area (Å²) in [5.74, 6) is -0.704. The number of aliphatic hydroxyl groups is 7. The molecule has 1 rings (SSSR count). The molecule has 88 heavy (non-hydrogen) atoms. The molecule has 8 N–H and O–H groups in total. The van der Waals surface area contributed by atoms with Gasteiger partial charge in [-0.2, -0.15) is 0 Å². The largest absolute Gasteiger partial charge is 0.394 e. The second-order valence-electron chi connectivity index (χ2n) is 27.1. The van der Waals surface area contributed by atoms with Gasteiger partial charge in [0, 0.05) is 0 Å². The Morgan fingerprint density at radius 2 is 0.682 bits per heavy atom. The van der Waals surface area contributed by atoms with Crippen LogP contribution in [-0.2, 0) is 14.3 Å². The van der Waals surface area contributed by atoms with Crippen LogP contribution < -0.4 is 5.32 Å². The fourth-order valence-electron chi connectivity index (χ4n) is 12.5. The molecule has 9 atom stereocenters. The highest BCUT2D eigenvalue weighted by molar-refractivity contribution is 5.80. The summed E-state index contributed by atoms with van der Waals surface area (Å²) in [5.41, 5.74) is 0. The number of unbranched alkanes of at least 4 members (excludes halogenated alkanes) is 50. The van der Waals surface area contributed by atoms with Gasteiger partial charge in [-0.1, -0.05) is 339 Å². The Balaban J connectivity index is 2.18. The van der Waals surface area contributed by atoms with Gasteiger partial charge in [-0.3, -0.25) is 4.79 Å². The van der Waals surface area contributed by atoms with Gasteiger partial charge < -0.3 is 50.5 Å². The highest BCUT2D eigenvalue weighted by Crippen LogP contribution is 2.24. The van der Waals surface area contributed by atoms with Crippen molar-refractivity contribution in [1.29, 1.82) is 0 Å². The lowest BCUT2D eigenvalue weighted by Gasteiger charge is -2.40. The van der Waals surface area contributed by atoms with Gasteiger partial charge in [-0.15, -0.1) is 0 Å². The molecule has 0 aromatic carbocycles. The van der Waals surface area contributed by atoms with E-state index in [2.05, 4.69) is 55.6 Å². The molecule has 1 aliphatic heterocycles. The number of rotatable bonds is 68. The molecule has 0 aliphatic carbocycles. The van der Waals surface area contributed by atoms with Crippen LogP contribution in [0.5, 0.6) is 0 Å². The normalized spacial score (nSPS) is 18.8. The highest BCUT2D eigenvalue weighted by atomic mass is 16.7. The number of carbonyl (C=O) groups is 1. The van der Waals surface area contributed by atoms with E-state index in [4.69, 9.17) is 9.47 Å². The smallest absolute Gasteiger partial charge is 0.249 e. The first-order valence-corrected chi connectivity index (χ1v) is 38.4. The molecule has 1 saturated heterocycles. The minimum atomic E-state index is -1.67. The third-order valence-corrected chi connectivity index (χ3v) is 18.6. The average molecular weight is 1250 g/mol. The standard InChI is InChI=1S/C77H147NO10/c1-3-5-7-9-11-13-15-17-19-21-23-25-27-29-31-33-35-37-39-41-43-45-47-49-51-53-55-57-59-61-63-65-70(81)76(86)78-68(67-87-77-75(85)74(84)73(83)71(66-79)88-77)72(82)69(80)64-62-60-58-56-54-52-50-48-46-44-42-40-38-36-34-32-30-28-26-24-22-20-18-16-14-12-10-8-6-4-2/h29,31,48,50,56,58,68-75,77,79-85H,3-28,30,32-47,49,51-55,57,59-67H2,1-2H3,(H,78,86)/b31-29-,50-48+,58-56+. The lowest BCUT2D eigenvalue weighted by atomic mass is 9.98. The van der Waals surface area contributed by atoms with Crippen molar-refractivity contribution in [2.24, 2.45) is 0 Å². The molecule has 9 unspecified atom stereocenters. The molecule has 0 spiro atoms. The molecule has 1 fully saturated rings. The van der Waals surface area contributed by atoms with Gasteiger partial charge in [0.05, 0.1) is 25.4 Å². The van der Waals surface area contributed by atoms with Crippen molar-refractivity contribution in [1.82, 2.24) is 5.32 Å². The summed E-state index contributed by atoms with van der Waals surface area (Å²) in [6.07, 6.45) is 74.0. The maximum Gasteiger partial charge on any atom is 0.249 e. The monoisotopic (exact) mass is 1250 g/mol. The van der Waals surface area contributed by atoms with Gasteiger partial charge in [0.15, 0.2) is 6.29 Å². The van der Waals surface area contributed by atoms with Crippen LogP contribution in [0.3, 0.4) is 0 Å². The third-order valence-electron chi connectivity index (χ3n) is 18.6. The number of nitrogens with one attached hydrogen (secondary N) is 1. The van der Waals surface area contributed by atoms with Crippen LogP contribution in [0.15, 0.2) is 36.5 Å². The predicted molar refractivity (Wildman–Crippen MR) is 372 cm³/mol. The molecule has 1 amide bonds. The van der Waals surface area contributed by atoms with E-state index in [1.54, 1.807) is 0 Å². The SMILES string of the molecule is CCCCCCCCCCCCCC/C=C\CCCCCCCCCCCCCCCCCC(O)C(=O)NC(COC1OC(CO)C(O)C(O)C1O)C(O)C(O)CCC/C=C/CC/C=C/CCCCCCCCCCCCCCCCCCCCCCC. The summed E-state index contributed by atoms with van der Waals surface area (Å²) >= 11 is 0. The van der Waals surface area contributed by atoms with Crippen molar-refractivity contribution in [2.45, 2.75) is 435 Å². The minimum Gasteiger partial charge on any atom is -0.394 e. The maximum atomic E-state index is 13.3. The number of carbonyl (C=O) groups excluding carboxylic acids is 1. The van der Waals surface area contributed by atoms with E-state index in [0.29, 0.717) is 19.3 Å². The van der Waals surface area contributed by atoms with E-state index in [0.717, 1.165) is 38.5 Å². The molecule has 11 heteroatoms. The zero-order chi connectivity index (χ0) is 63.9. The Labute approximate surface area is 543 Å². The fraction of sp³-hybridized carbons (Fsp3) is 0.909. The van der Waals surface area contributed by atoms with Crippen molar-refractivity contribution in [3.8, 4) is 0 Å². The number of hydrogen-bond acceptors (Lipinski definition) is 10. The van der Waals surface area contributed by atoms with Gasteiger partial charge in [0.25, 0.3) is 0 Å². The molecule has 0 aromatic rings. The van der Waals surface area contributed by atoms with Crippen LogP contribution in [0.2, 0.25) is 0 Å². The quantitative estimate of drug-likeness (QED) is 0.0215. The highest BCUT2D eigenvalue weighted by Gasteiger charge is 2.44. The second kappa shape index (κ2) is 65.4. The number of hydrogen-bond donors (Lipinski definition) is 8. The summed E-state index contributed by atoms with van der Waals surface area (Å²) < 4.78 is 11.2. The molecule has 1 heterocycles. The van der Waals surface area contributed by atoms with E-state index in [1.807, 2.05) is 0 Å². The Bertz CT molecular complexity index is 1530. The molecule has 520 valence electrons. The van der Waals surface area contributed by atoms with Gasteiger partial charge in [0.1, 0.15) is 36.6 Å². The summed E-state index contributed by atoms with van der Waals surface area (Å²) in [5, 5.41) is 76.6. The number of allylic oxidation sites excluding steroid dienone is 6. The molecule has 0 bridgehead atoms. The number of amides is 1. The molecular formula is C77H147NO10. The Morgan fingerprint density at radius 1 is 0.386 bits per heavy atom. The van der Waals surface area contributed by atoms with E-state index >= 15 is 0 Å². The van der Waals surface area contributed by atoms with Gasteiger partial charge in [0.2, 0.25) is 5.91 Å². The molecule has 1 aliphatic rings. The molecule has 0 saturated carbocycles. The van der Waals surface area contributed by atoms with Crippen molar-refractivity contribution < 1.29 is 50.0 Å². The molecule has 0 radical (unpaired) electrons. The summed E-state index contributed by atoms with van der Waals surface area (Å²) in [6, 6.07) is -1.19. The predicted octanol–water partition coefficient (Wildman–Crippen LogP) is 19.3. The van der Waals surface area contributed by atoms with E-state index in [1.165, 1.54) is 295 Å². The van der Waals surface area contributed by atoms with Crippen molar-refractivity contribution in [3.05, 3.63) is 36.5 Å². The summed E-state index contributed by atoms with van der Waals surface area (Å²) in [7, 11) is 0. The molecular weight excluding hydrogens is 1100 g/mol. The molecule has 0 aromatic heterocycles. The lowest BCUT2D eigenvalue weighted by Crippen LogP contribution is -2.60. The van der Waals surface area contributed by atoms with Gasteiger partial charge in [-0.25, -0.2) is 0 Å². The topological polar surface area (TPSA) is 189 Å². The minimum absolute atomic E-state index is 0.248. The number of ether oxygens (including phenoxy) is 2. The van der Waals surface area contributed by atoms with Gasteiger partial charge in [-0.05, 0) is 77.0 Å². The van der Waals surface area contributed by atoms with Crippen molar-refractivity contribution in [2.75, 3.05) is 13.2 Å². The average Bonchev–Trinajstić information content (AvgIpc) is 3.63. The fourth-order valence-corrected chi connectivity index (χ4v) is 12.5. The second-order valence-corrected chi connectivity index (χ2v) is 27.1. The van der Waals surface area contributed by atoms with E-state index < -0.39 is 74.2 Å². The summed E-state index contributed by atoms with van der Waals surface area (Å²) in [4.78, 5) is 13.3. The first kappa shape index (κ1) is 84.3. The van der Waals surface area contributed by atoms with Crippen LogP contribution in [0.1, 0.15) is 380 Å². The van der Waals surface area contributed by atoms with E-state index in [-0.39, 0.29) is 12.8 Å². The van der Waals surface area contributed by atoms with Crippen LogP contribution in [-0.4, -0.2) is 110 Å². The van der Waals surface area contributed by atoms with Crippen LogP contribution >= 0.6 is 0 Å². The lowest BCUT2D eigenvalue weighted by molar-refractivity contribution is -0.303. The molecule has 11 nitrogen and oxygen atoms in total. The van der Waals surface area contributed by atoms with Crippen LogP contribution in [0, 0.1) is 0 Å². The zero-order valence-electron chi connectivity index (χ0n) is 57.7. The first-order valence-electron chi connectivity index (χ1n) is 38.4. The van der Waals surface area contributed by atoms with Gasteiger partial charge >= 0.3 is 0 Å². The Morgan fingerprint density at radius 3 is 1.01 bits per heavy atom. The maximum absolute atomic E-state index is 13.3. The van der Waals surface area contributed by atoms with Crippen LogP contribution in [0.4, 0.5) is 0 Å². The Kier molecular flexibility index (Phi) is 62.7. The van der Waals surface area contributed by atoms with Crippen molar-refractivity contribution in [3.63, 3.8) is 0 Å². The van der Waals surface area contributed by atoms with E-state index in [9.17, 15) is 40.5 Å². The number of aliphatic hydroxyl groups excluding tert-OH is 7. The Hall–Kier alpha value is -1.67. The zero-order valence-corrected chi connectivity index (χ0v) is 57.7. The summed E-state index contributed by atoms with van der Waals surface area (Å²) in [6.45, 7) is 3.50.